The van der Waals surface area contributed by atoms with E-state index in [-0.39, 0.29) is 30.4 Å². The van der Waals surface area contributed by atoms with Crippen LogP contribution in [-0.4, -0.2) is 36.9 Å². The molecule has 1 rings (SSSR count). The second-order valence-corrected chi connectivity index (χ2v) is 3.03. The van der Waals surface area contributed by atoms with Crippen LogP contribution in [0.2, 0.25) is 0 Å². The molecule has 1 radical (unpaired) electrons. The average molecular weight is 197 g/mol. The van der Waals surface area contributed by atoms with Crippen LogP contribution in [0.4, 0.5) is 0 Å². The second-order valence-electron chi connectivity index (χ2n) is 2.00. The summed E-state index contributed by atoms with van der Waals surface area (Å²) in [5.41, 5.74) is 0. The molecule has 1 aromatic carbocycles. The molecule has 0 saturated carbocycles. The molecule has 0 aliphatic heterocycles. The van der Waals surface area contributed by atoms with Crippen molar-refractivity contribution in [2.45, 2.75) is 0 Å². The van der Waals surface area contributed by atoms with Crippen molar-refractivity contribution in [2.24, 2.45) is 0 Å². The molecule has 0 bridgehead atoms. The molecule has 0 amide bonds. The molecule has 0 aromatic heterocycles. The summed E-state index contributed by atoms with van der Waals surface area (Å²) in [6.07, 6.45) is 0. The van der Waals surface area contributed by atoms with E-state index >= 15 is 0 Å². The van der Waals surface area contributed by atoms with Crippen LogP contribution in [0.25, 0.3) is 0 Å². The van der Waals surface area contributed by atoms with E-state index in [2.05, 4.69) is 4.18 Å². The molecule has 0 aliphatic rings. The molecule has 1 aromatic rings. The number of hydrogen-bond acceptors (Lipinski definition) is 4. The minimum Gasteiger partial charge on any atom is -0.508 e. The van der Waals surface area contributed by atoms with Crippen molar-refractivity contribution in [3.63, 3.8) is 0 Å². The molecule has 0 unspecified atom stereocenters. The Morgan fingerprint density at radius 3 is 2.00 bits per heavy atom. The summed E-state index contributed by atoms with van der Waals surface area (Å²) >= 11 is 0. The average Bonchev–Trinajstić information content (AvgIpc) is 1.91. The fourth-order valence-electron chi connectivity index (χ4n) is 0.623. The molecule has 0 atom stereocenters. The van der Waals surface area contributed by atoms with Crippen LogP contribution >= 0.6 is 0 Å². The van der Waals surface area contributed by atoms with Gasteiger partial charge in [-0.3, -0.25) is 4.55 Å². The van der Waals surface area contributed by atoms with E-state index in [1.807, 2.05) is 0 Å². The molecule has 5 nitrogen and oxygen atoms in total. The fourth-order valence-corrected chi connectivity index (χ4v) is 0.978. The largest absolute Gasteiger partial charge is 0.508 e. The second kappa shape index (κ2) is 4.53. The summed E-state index contributed by atoms with van der Waals surface area (Å²) < 4.78 is 32.6. The number of phenolic OH excluding ortho intramolecular Hbond substituents is 1. The molecule has 0 spiro atoms. The van der Waals surface area contributed by atoms with Crippen molar-refractivity contribution < 1.29 is 22.3 Å². The Labute approximate surface area is 87.5 Å². The first-order valence-electron chi connectivity index (χ1n) is 2.93. The first-order chi connectivity index (χ1) is 5.47. The van der Waals surface area contributed by atoms with Crippen molar-refractivity contribution in [3.05, 3.63) is 24.3 Å². The van der Waals surface area contributed by atoms with Crippen molar-refractivity contribution in [1.82, 2.24) is 0 Å². The van der Waals surface area contributed by atoms with Gasteiger partial charge in [-0.1, -0.05) is 0 Å². The van der Waals surface area contributed by atoms with Gasteiger partial charge in [0.15, 0.2) is 0 Å². The zero-order valence-electron chi connectivity index (χ0n) is 6.84. The minimum atomic E-state index is -4.47. The molecule has 2 N–H and O–H groups in total. The number of aromatic hydroxyl groups is 1. The Bertz CT molecular complexity index is 357. The van der Waals surface area contributed by atoms with Crippen molar-refractivity contribution in [1.29, 1.82) is 0 Å². The van der Waals surface area contributed by atoms with E-state index < -0.39 is 10.4 Å². The molecule has 0 fully saturated rings. The van der Waals surface area contributed by atoms with Gasteiger partial charge in [0.1, 0.15) is 11.5 Å². The molecule has 7 heteroatoms. The van der Waals surface area contributed by atoms with E-state index in [0.29, 0.717) is 0 Å². The van der Waals surface area contributed by atoms with Gasteiger partial charge in [0.25, 0.3) is 0 Å². The number of benzene rings is 1. The van der Waals surface area contributed by atoms with Crippen LogP contribution in [0.1, 0.15) is 0 Å². The van der Waals surface area contributed by atoms with Crippen LogP contribution < -0.4 is 4.18 Å². The zero-order valence-corrected chi connectivity index (χ0v) is 7.65. The van der Waals surface area contributed by atoms with Gasteiger partial charge in [0.2, 0.25) is 0 Å². The molecule has 67 valence electrons. The van der Waals surface area contributed by atoms with Crippen LogP contribution in [0, 0.1) is 0 Å². The van der Waals surface area contributed by atoms with E-state index in [9.17, 15) is 8.42 Å². The zero-order chi connectivity index (χ0) is 9.19. The number of rotatable bonds is 2. The van der Waals surface area contributed by atoms with Crippen LogP contribution in [-0.2, 0) is 10.4 Å². The Hall–Kier alpha value is -0.673. The minimum absolute atomic E-state index is 0. The van der Waals surface area contributed by atoms with Crippen LogP contribution in [0.3, 0.4) is 0 Å². The summed E-state index contributed by atoms with van der Waals surface area (Å²) in [7, 11) is -4.47. The summed E-state index contributed by atoms with van der Waals surface area (Å²) in [5.74, 6) is -0.0759. The maximum atomic E-state index is 10.2. The predicted molar refractivity (Wildman–Crippen MR) is 46.0 cm³/mol. The Morgan fingerprint density at radius 1 is 1.15 bits per heavy atom. The third-order valence-electron chi connectivity index (χ3n) is 1.04. The van der Waals surface area contributed by atoms with Gasteiger partial charge in [-0.05, 0) is 24.3 Å². The molecule has 13 heavy (non-hydrogen) atoms. The smallest absolute Gasteiger partial charge is 0.446 e. The quantitative estimate of drug-likeness (QED) is 0.522. The molecule has 0 saturated heterocycles. The first kappa shape index (κ1) is 12.3. The topological polar surface area (TPSA) is 83.8 Å². The summed E-state index contributed by atoms with van der Waals surface area (Å²) in [6, 6.07) is 4.90. The van der Waals surface area contributed by atoms with Crippen molar-refractivity contribution in [2.75, 3.05) is 0 Å². The predicted octanol–water partition coefficient (Wildman–Crippen LogP) is 0.193. The third-order valence-corrected chi connectivity index (χ3v) is 1.44. The van der Waals surface area contributed by atoms with Gasteiger partial charge < -0.3 is 9.29 Å². The van der Waals surface area contributed by atoms with Gasteiger partial charge in [0.05, 0.1) is 0 Å². The van der Waals surface area contributed by atoms with Gasteiger partial charge >= 0.3 is 10.4 Å². The van der Waals surface area contributed by atoms with Crippen LogP contribution in [0.15, 0.2) is 24.3 Å². The number of phenols is 1. The molecular weight excluding hydrogens is 191 g/mol. The normalized spacial score (nSPS) is 10.2. The third kappa shape index (κ3) is 4.80. The SMILES string of the molecule is O=S(=O)(O)Oc1ccc(O)cc1.[Li]. The van der Waals surface area contributed by atoms with E-state index in [1.165, 1.54) is 24.3 Å². The maximum Gasteiger partial charge on any atom is 0.446 e. The maximum absolute atomic E-state index is 10.2. The van der Waals surface area contributed by atoms with E-state index in [4.69, 9.17) is 9.66 Å². The first-order valence-corrected chi connectivity index (χ1v) is 4.30. The van der Waals surface area contributed by atoms with Gasteiger partial charge in [0, 0.05) is 18.9 Å². The standard InChI is InChI=1S/C6H6O5S.Li/c7-5-1-3-6(4-2-5)11-12(8,9)10;/h1-4,7H,(H,8,9,10);. The molecule has 0 aliphatic carbocycles. The monoisotopic (exact) mass is 197 g/mol. The van der Waals surface area contributed by atoms with Gasteiger partial charge in [-0.15, -0.1) is 0 Å². The number of hydrogen-bond donors (Lipinski definition) is 2. The Morgan fingerprint density at radius 2 is 1.62 bits per heavy atom. The van der Waals surface area contributed by atoms with Crippen molar-refractivity contribution >= 4 is 29.3 Å². The van der Waals surface area contributed by atoms with Gasteiger partial charge in [-0.25, -0.2) is 0 Å². The molecular formula is C6H6LiO5S. The summed E-state index contributed by atoms with van der Waals surface area (Å²) in [5, 5.41) is 8.79. The Kier molecular flexibility index (Phi) is 4.30. The van der Waals surface area contributed by atoms with Crippen molar-refractivity contribution in [3.8, 4) is 11.5 Å². The van der Waals surface area contributed by atoms with E-state index in [1.54, 1.807) is 0 Å². The van der Waals surface area contributed by atoms with Gasteiger partial charge in [-0.2, -0.15) is 8.42 Å². The Balaban J connectivity index is 0.00000144. The molecule has 0 heterocycles. The van der Waals surface area contributed by atoms with E-state index in [0.717, 1.165) is 0 Å². The summed E-state index contributed by atoms with van der Waals surface area (Å²) in [6.45, 7) is 0. The fraction of sp³-hybridized carbons (Fsp3) is 0. The summed E-state index contributed by atoms with van der Waals surface area (Å²) in [4.78, 5) is 0. The van der Waals surface area contributed by atoms with Crippen LogP contribution in [0.5, 0.6) is 11.5 Å².